The molecule has 3 rings (SSSR count). The van der Waals surface area contributed by atoms with Crippen LogP contribution in [0.1, 0.15) is 10.4 Å². The van der Waals surface area contributed by atoms with Crippen molar-refractivity contribution in [2.24, 2.45) is 0 Å². The molecule has 2 N–H and O–H groups in total. The molecule has 0 aliphatic rings. The Morgan fingerprint density at radius 1 is 0.889 bits per heavy atom. The maximum atomic E-state index is 13.2. The Balaban J connectivity index is 1.60. The van der Waals surface area contributed by atoms with E-state index in [2.05, 4.69) is 10.6 Å². The van der Waals surface area contributed by atoms with Crippen molar-refractivity contribution in [2.75, 3.05) is 11.9 Å². The molecule has 0 fully saturated rings. The molecule has 5 nitrogen and oxygen atoms in total. The molecule has 6 heteroatoms. The molecular weight excluding hydrogens is 347 g/mol. The van der Waals surface area contributed by atoms with Crippen molar-refractivity contribution in [3.05, 3.63) is 90.2 Å². The fraction of sp³-hybridized carbons (Fsp3) is 0.0476. The SMILES string of the molecule is O=C(CNC(=O)c1cccc(F)c1)Nc1ccccc1Oc1ccccc1. The lowest BCUT2D eigenvalue weighted by Crippen LogP contribution is -2.32. The van der Waals surface area contributed by atoms with E-state index in [1.54, 1.807) is 36.4 Å². The van der Waals surface area contributed by atoms with Gasteiger partial charge in [0.1, 0.15) is 11.6 Å². The van der Waals surface area contributed by atoms with Crippen molar-refractivity contribution in [3.63, 3.8) is 0 Å². The Morgan fingerprint density at radius 2 is 1.63 bits per heavy atom. The molecule has 0 unspecified atom stereocenters. The van der Waals surface area contributed by atoms with Crippen molar-refractivity contribution >= 4 is 17.5 Å². The number of carbonyl (C=O) groups is 2. The van der Waals surface area contributed by atoms with Crippen molar-refractivity contribution in [1.29, 1.82) is 0 Å². The first-order valence-corrected chi connectivity index (χ1v) is 8.27. The average molecular weight is 364 g/mol. The van der Waals surface area contributed by atoms with Gasteiger partial charge in [0.05, 0.1) is 12.2 Å². The molecule has 0 saturated heterocycles. The van der Waals surface area contributed by atoms with Gasteiger partial charge in [-0.25, -0.2) is 4.39 Å². The number of carbonyl (C=O) groups excluding carboxylic acids is 2. The Kier molecular flexibility index (Phi) is 5.79. The van der Waals surface area contributed by atoms with Crippen LogP contribution in [0.15, 0.2) is 78.9 Å². The van der Waals surface area contributed by atoms with Crippen LogP contribution in [0, 0.1) is 5.82 Å². The summed E-state index contributed by atoms with van der Waals surface area (Å²) in [5.74, 6) is -0.353. The molecule has 0 atom stereocenters. The van der Waals surface area contributed by atoms with Crippen molar-refractivity contribution < 1.29 is 18.7 Å². The molecular formula is C21H17FN2O3. The van der Waals surface area contributed by atoms with Gasteiger partial charge in [0.15, 0.2) is 5.75 Å². The van der Waals surface area contributed by atoms with E-state index in [9.17, 15) is 14.0 Å². The number of amides is 2. The third kappa shape index (κ3) is 5.15. The number of rotatable bonds is 6. The minimum Gasteiger partial charge on any atom is -0.455 e. The summed E-state index contributed by atoms with van der Waals surface area (Å²) in [6.45, 7) is -0.255. The predicted octanol–water partition coefficient (Wildman–Crippen LogP) is 3.99. The number of halogens is 1. The molecule has 0 radical (unpaired) electrons. The zero-order valence-electron chi connectivity index (χ0n) is 14.3. The smallest absolute Gasteiger partial charge is 0.251 e. The number of benzene rings is 3. The van der Waals surface area contributed by atoms with E-state index in [1.165, 1.54) is 18.2 Å². The van der Waals surface area contributed by atoms with Gasteiger partial charge in [0.25, 0.3) is 5.91 Å². The molecule has 0 spiro atoms. The third-order valence-electron chi connectivity index (χ3n) is 3.63. The molecule has 0 bridgehead atoms. The number of anilines is 1. The monoisotopic (exact) mass is 364 g/mol. The summed E-state index contributed by atoms with van der Waals surface area (Å²) in [6, 6.07) is 21.4. The highest BCUT2D eigenvalue weighted by molar-refractivity contribution is 5.99. The molecule has 0 aliphatic heterocycles. The van der Waals surface area contributed by atoms with E-state index in [0.29, 0.717) is 17.2 Å². The Hall–Kier alpha value is -3.67. The van der Waals surface area contributed by atoms with Gasteiger partial charge < -0.3 is 15.4 Å². The molecule has 0 saturated carbocycles. The second-order valence-corrected chi connectivity index (χ2v) is 5.65. The molecule has 3 aromatic carbocycles. The van der Waals surface area contributed by atoms with Gasteiger partial charge in [-0.15, -0.1) is 0 Å². The zero-order valence-corrected chi connectivity index (χ0v) is 14.3. The Labute approximate surface area is 155 Å². The summed E-state index contributed by atoms with van der Waals surface area (Å²) >= 11 is 0. The standard InChI is InChI=1S/C21H17FN2O3/c22-16-8-6-7-15(13-16)21(26)23-14-20(25)24-18-11-4-5-12-19(18)27-17-9-2-1-3-10-17/h1-13H,14H2,(H,23,26)(H,24,25). The van der Waals surface area contributed by atoms with E-state index in [-0.39, 0.29) is 12.1 Å². The Morgan fingerprint density at radius 3 is 2.41 bits per heavy atom. The van der Waals surface area contributed by atoms with Crippen molar-refractivity contribution in [2.45, 2.75) is 0 Å². The van der Waals surface area contributed by atoms with Crippen LogP contribution < -0.4 is 15.4 Å². The maximum Gasteiger partial charge on any atom is 0.251 e. The van der Waals surface area contributed by atoms with Gasteiger partial charge in [-0.1, -0.05) is 36.4 Å². The number of ether oxygens (including phenoxy) is 1. The number of nitrogens with one attached hydrogen (secondary N) is 2. The summed E-state index contributed by atoms with van der Waals surface area (Å²) < 4.78 is 18.9. The quantitative estimate of drug-likeness (QED) is 0.695. The van der Waals surface area contributed by atoms with Gasteiger partial charge in [-0.3, -0.25) is 9.59 Å². The average Bonchev–Trinajstić information content (AvgIpc) is 2.68. The number of para-hydroxylation sites is 3. The summed E-state index contributed by atoms with van der Waals surface area (Å²) in [6.07, 6.45) is 0. The molecule has 0 aromatic heterocycles. The largest absolute Gasteiger partial charge is 0.455 e. The minimum atomic E-state index is -0.529. The molecule has 27 heavy (non-hydrogen) atoms. The fourth-order valence-corrected chi connectivity index (χ4v) is 2.36. The second-order valence-electron chi connectivity index (χ2n) is 5.65. The van der Waals surface area contributed by atoms with Crippen LogP contribution >= 0.6 is 0 Å². The summed E-state index contributed by atoms with van der Waals surface area (Å²) in [5.41, 5.74) is 0.627. The number of hydrogen-bond donors (Lipinski definition) is 2. The highest BCUT2D eigenvalue weighted by atomic mass is 19.1. The topological polar surface area (TPSA) is 67.4 Å². The van der Waals surface area contributed by atoms with Crippen molar-refractivity contribution in [3.8, 4) is 11.5 Å². The van der Waals surface area contributed by atoms with Crippen LogP contribution in [0.3, 0.4) is 0 Å². The van der Waals surface area contributed by atoms with E-state index in [0.717, 1.165) is 6.07 Å². The summed E-state index contributed by atoms with van der Waals surface area (Å²) in [4.78, 5) is 24.1. The van der Waals surface area contributed by atoms with E-state index in [1.807, 2.05) is 18.2 Å². The summed E-state index contributed by atoms with van der Waals surface area (Å²) in [5, 5.41) is 5.15. The van der Waals surface area contributed by atoms with Crippen LogP contribution in [-0.4, -0.2) is 18.4 Å². The molecule has 0 heterocycles. The van der Waals surface area contributed by atoms with Gasteiger partial charge in [-0.05, 0) is 42.5 Å². The van der Waals surface area contributed by atoms with E-state index in [4.69, 9.17) is 4.74 Å². The normalized spacial score (nSPS) is 10.1. The maximum absolute atomic E-state index is 13.2. The molecule has 136 valence electrons. The van der Waals surface area contributed by atoms with Crippen molar-refractivity contribution in [1.82, 2.24) is 5.32 Å². The molecule has 0 aliphatic carbocycles. The van der Waals surface area contributed by atoms with Gasteiger partial charge in [0, 0.05) is 5.56 Å². The van der Waals surface area contributed by atoms with Crippen LogP contribution in [-0.2, 0) is 4.79 Å². The Bertz CT molecular complexity index is 945. The third-order valence-corrected chi connectivity index (χ3v) is 3.63. The summed E-state index contributed by atoms with van der Waals surface area (Å²) in [7, 11) is 0. The van der Waals surface area contributed by atoms with Gasteiger partial charge in [0.2, 0.25) is 5.91 Å². The first-order valence-electron chi connectivity index (χ1n) is 8.27. The highest BCUT2D eigenvalue weighted by Gasteiger charge is 2.11. The predicted molar refractivity (Wildman–Crippen MR) is 100 cm³/mol. The van der Waals surface area contributed by atoms with Crippen LogP contribution in [0.4, 0.5) is 10.1 Å². The highest BCUT2D eigenvalue weighted by Crippen LogP contribution is 2.28. The van der Waals surface area contributed by atoms with E-state index < -0.39 is 17.6 Å². The second kappa shape index (κ2) is 8.62. The molecule has 2 amide bonds. The zero-order chi connectivity index (χ0) is 19.1. The van der Waals surface area contributed by atoms with Crippen LogP contribution in [0.25, 0.3) is 0 Å². The van der Waals surface area contributed by atoms with E-state index >= 15 is 0 Å². The van der Waals surface area contributed by atoms with Gasteiger partial charge in [-0.2, -0.15) is 0 Å². The first kappa shape index (κ1) is 18.1. The van der Waals surface area contributed by atoms with Crippen LogP contribution in [0.2, 0.25) is 0 Å². The van der Waals surface area contributed by atoms with Gasteiger partial charge >= 0.3 is 0 Å². The minimum absolute atomic E-state index is 0.149. The van der Waals surface area contributed by atoms with Crippen LogP contribution in [0.5, 0.6) is 11.5 Å². The lowest BCUT2D eigenvalue weighted by molar-refractivity contribution is -0.115. The fourth-order valence-electron chi connectivity index (χ4n) is 2.36. The first-order chi connectivity index (χ1) is 13.1. The lowest BCUT2D eigenvalue weighted by Gasteiger charge is -2.12. The lowest BCUT2D eigenvalue weighted by atomic mass is 10.2. The molecule has 3 aromatic rings. The number of hydrogen-bond acceptors (Lipinski definition) is 3.